The minimum Gasteiger partial charge on any atom is -0.380 e. The molecule has 0 aliphatic carbocycles. The Morgan fingerprint density at radius 1 is 0.824 bits per heavy atom. The van der Waals surface area contributed by atoms with Crippen LogP contribution in [-0.2, 0) is 23.9 Å². The molecule has 0 aliphatic rings. The number of hydrogen-bond acceptors (Lipinski definition) is 7. The summed E-state index contributed by atoms with van der Waals surface area (Å²) in [6, 6.07) is -0.221. The first-order valence-electron chi connectivity index (χ1n) is 10.9. The number of hydrogen-bond donors (Lipinski definition) is 5. The molecule has 1 atom stereocenters. The third-order valence-corrected chi connectivity index (χ3v) is 4.35. The van der Waals surface area contributed by atoms with Gasteiger partial charge in [0.25, 0.3) is 0 Å². The molecule has 202 valence electrons. The normalized spacial score (nSPS) is 11.1. The van der Waals surface area contributed by atoms with Gasteiger partial charge in [-0.3, -0.25) is 14.5 Å². The van der Waals surface area contributed by atoms with E-state index in [0.717, 1.165) is 6.42 Å². The van der Waals surface area contributed by atoms with Gasteiger partial charge >= 0.3 is 0 Å². The first kappa shape index (κ1) is 38.7. The Morgan fingerprint density at radius 2 is 1.32 bits per heavy atom. The first-order chi connectivity index (χ1) is 15.1. The molecule has 0 aliphatic heterocycles. The van der Waals surface area contributed by atoms with Gasteiger partial charge < -0.3 is 54.8 Å². The molecule has 34 heavy (non-hydrogen) atoms. The van der Waals surface area contributed by atoms with Crippen molar-refractivity contribution in [1.82, 2.24) is 31.5 Å². The van der Waals surface area contributed by atoms with E-state index in [0.29, 0.717) is 58.4 Å². The second-order valence-corrected chi connectivity index (χ2v) is 7.70. The molecular formula is C21H40Gd2N6O5-2. The van der Waals surface area contributed by atoms with Crippen LogP contribution in [0.15, 0.2) is 0 Å². The summed E-state index contributed by atoms with van der Waals surface area (Å²) in [7, 11) is 1.76. The van der Waals surface area contributed by atoms with Crippen molar-refractivity contribution in [2.45, 2.75) is 26.3 Å². The predicted octanol–water partition coefficient (Wildman–Crippen LogP) is -1.93. The van der Waals surface area contributed by atoms with Crippen molar-refractivity contribution in [3.05, 3.63) is 13.8 Å². The second-order valence-electron chi connectivity index (χ2n) is 7.70. The van der Waals surface area contributed by atoms with E-state index in [1.54, 1.807) is 11.9 Å². The van der Waals surface area contributed by atoms with Crippen molar-refractivity contribution in [3.63, 3.8) is 0 Å². The maximum absolute atomic E-state index is 12.2. The van der Waals surface area contributed by atoms with Gasteiger partial charge in [0.1, 0.15) is 0 Å². The average Bonchev–Trinajstić information content (AvgIpc) is 2.70. The van der Waals surface area contributed by atoms with E-state index in [9.17, 15) is 19.2 Å². The SMILES string of the molecule is [CH2-]C(=O)NCCN(CCNC([CH2-])=O)CC(=O)NCCOCCNC(=O)[C@H](CC(C)C)NC.[Gd].[Gd]. The molecule has 5 N–H and O–H groups in total. The smallest absolute Gasteiger partial charge is 0.237 e. The van der Waals surface area contributed by atoms with Crippen molar-refractivity contribution in [2.24, 2.45) is 5.92 Å². The number of likely N-dealkylation sites (N-methyl/N-ethyl adjacent to an activating group) is 1. The Balaban J connectivity index is -0.00000480. The molecule has 0 aromatic rings. The first-order valence-corrected chi connectivity index (χ1v) is 10.9. The van der Waals surface area contributed by atoms with Crippen LogP contribution in [0.25, 0.3) is 0 Å². The largest absolute Gasteiger partial charge is 0.380 e. The fraction of sp³-hybridized carbons (Fsp3) is 0.714. The standard InChI is InChI=1S/C21H40N6O5.2Gd/c1-16(2)14-19(22-5)21(31)26-9-13-32-12-8-25-20(30)15-27(10-6-23-17(3)28)11-7-24-18(4)29;;/h16,19,22H,3-4,6-15H2,1-2,5H3,(H,23,28)(H,24,29)(H,25,30)(H,26,31);;/q-2;;/t19-;;/m0../s1. The summed E-state index contributed by atoms with van der Waals surface area (Å²) in [6.45, 7) is 13.6. The van der Waals surface area contributed by atoms with E-state index >= 15 is 0 Å². The van der Waals surface area contributed by atoms with Gasteiger partial charge in [-0.25, -0.2) is 0 Å². The quantitative estimate of drug-likeness (QED) is 0.0809. The van der Waals surface area contributed by atoms with Crippen molar-refractivity contribution in [1.29, 1.82) is 0 Å². The summed E-state index contributed by atoms with van der Waals surface area (Å²) in [6.07, 6.45) is 0.760. The predicted molar refractivity (Wildman–Crippen MR) is 122 cm³/mol. The van der Waals surface area contributed by atoms with Crippen LogP contribution < -0.4 is 26.6 Å². The summed E-state index contributed by atoms with van der Waals surface area (Å²) in [5.74, 6) is -0.623. The topological polar surface area (TPSA) is 141 Å². The van der Waals surface area contributed by atoms with Crippen LogP contribution in [0, 0.1) is 99.6 Å². The summed E-state index contributed by atoms with van der Waals surface area (Å²) in [5, 5.41) is 13.7. The summed E-state index contributed by atoms with van der Waals surface area (Å²) >= 11 is 0. The second kappa shape index (κ2) is 24.8. The third kappa shape index (κ3) is 23.9. The van der Waals surface area contributed by atoms with Gasteiger partial charge in [-0.1, -0.05) is 13.8 Å². The van der Waals surface area contributed by atoms with Crippen molar-refractivity contribution in [3.8, 4) is 0 Å². The Morgan fingerprint density at radius 3 is 1.76 bits per heavy atom. The van der Waals surface area contributed by atoms with Crippen LogP contribution in [0.4, 0.5) is 0 Å². The van der Waals surface area contributed by atoms with Gasteiger partial charge in [0, 0.05) is 119 Å². The molecule has 0 fully saturated rings. The molecule has 0 spiro atoms. The molecule has 0 unspecified atom stereocenters. The van der Waals surface area contributed by atoms with Crippen LogP contribution in [0.2, 0.25) is 0 Å². The number of ether oxygens (including phenoxy) is 1. The number of carbonyl (C=O) groups is 4. The molecule has 0 rings (SSSR count). The molecule has 0 saturated heterocycles. The number of rotatable bonds is 18. The van der Waals surface area contributed by atoms with Crippen LogP contribution in [-0.4, -0.2) is 101 Å². The van der Waals surface area contributed by atoms with Crippen LogP contribution in [0.5, 0.6) is 0 Å². The van der Waals surface area contributed by atoms with E-state index in [2.05, 4.69) is 54.3 Å². The molecule has 13 heteroatoms. The van der Waals surface area contributed by atoms with Gasteiger partial charge in [0.15, 0.2) is 0 Å². The zero-order valence-electron chi connectivity index (χ0n) is 20.3. The average molecular weight is 771 g/mol. The van der Waals surface area contributed by atoms with Gasteiger partial charge in [-0.05, 0) is 19.4 Å². The fourth-order valence-electron chi connectivity index (χ4n) is 2.80. The number of amides is 4. The van der Waals surface area contributed by atoms with Crippen molar-refractivity contribution >= 4 is 23.6 Å². The third-order valence-electron chi connectivity index (χ3n) is 4.35. The monoisotopic (exact) mass is 772 g/mol. The Bertz CT molecular complexity index is 564. The van der Waals surface area contributed by atoms with E-state index < -0.39 is 11.8 Å². The van der Waals surface area contributed by atoms with Crippen LogP contribution >= 0.6 is 0 Å². The molecular weight excluding hydrogens is 731 g/mol. The summed E-state index contributed by atoms with van der Waals surface area (Å²) < 4.78 is 5.44. The van der Waals surface area contributed by atoms with E-state index in [1.165, 1.54) is 0 Å². The molecule has 0 aromatic heterocycles. The molecule has 0 bridgehead atoms. The van der Waals surface area contributed by atoms with E-state index in [-0.39, 0.29) is 104 Å². The maximum atomic E-state index is 12.2. The molecule has 0 heterocycles. The zero-order valence-corrected chi connectivity index (χ0v) is 24.9. The molecule has 0 aromatic carbocycles. The number of nitrogens with zero attached hydrogens (tertiary/aromatic N) is 1. The maximum Gasteiger partial charge on any atom is 0.237 e. The Kier molecular flexibility index (Phi) is 28.2. The summed E-state index contributed by atoms with van der Waals surface area (Å²) in [5.41, 5.74) is 0. The van der Waals surface area contributed by atoms with Gasteiger partial charge in [0.05, 0.1) is 37.6 Å². The van der Waals surface area contributed by atoms with Gasteiger partial charge in [-0.15, -0.1) is 0 Å². The van der Waals surface area contributed by atoms with Gasteiger partial charge in [-0.2, -0.15) is 0 Å². The van der Waals surface area contributed by atoms with Crippen LogP contribution in [0.1, 0.15) is 20.3 Å². The van der Waals surface area contributed by atoms with Crippen molar-refractivity contribution in [2.75, 3.05) is 66.1 Å². The molecule has 11 nitrogen and oxygen atoms in total. The van der Waals surface area contributed by atoms with Gasteiger partial charge in [0.2, 0.25) is 11.8 Å². The minimum atomic E-state index is -0.393. The van der Waals surface area contributed by atoms with E-state index in [4.69, 9.17) is 4.74 Å². The number of carbonyl (C=O) groups excluding carboxylic acids is 4. The summed E-state index contributed by atoms with van der Waals surface area (Å²) in [4.78, 5) is 47.8. The molecule has 0 radical (unpaired) electrons. The molecule has 0 saturated carbocycles. The van der Waals surface area contributed by atoms with Crippen molar-refractivity contribution < 1.29 is 104 Å². The minimum absolute atomic E-state index is 0. The number of nitrogens with one attached hydrogen (secondary N) is 5. The fourth-order valence-corrected chi connectivity index (χ4v) is 2.80. The Hall–Kier alpha value is 0.149. The Labute approximate surface area is 268 Å². The van der Waals surface area contributed by atoms with E-state index in [1.807, 2.05) is 0 Å². The zero-order chi connectivity index (χ0) is 24.4. The molecule has 4 amide bonds. The van der Waals surface area contributed by atoms with Crippen LogP contribution in [0.3, 0.4) is 0 Å².